The molecule has 0 amide bonds. The van der Waals surface area contributed by atoms with Gasteiger partial charge in [-0.15, -0.1) is 5.11 Å². The Bertz CT molecular complexity index is 991. The highest BCUT2D eigenvalue weighted by molar-refractivity contribution is 5.90. The van der Waals surface area contributed by atoms with Crippen molar-refractivity contribution in [1.29, 1.82) is 0 Å². The number of hydrogen-bond acceptors (Lipinski definition) is 10. The van der Waals surface area contributed by atoms with Gasteiger partial charge in [-0.2, -0.15) is 5.53 Å². The molecule has 0 saturated carbocycles. The fourth-order valence-electron chi connectivity index (χ4n) is 3.45. The van der Waals surface area contributed by atoms with Gasteiger partial charge in [-0.25, -0.2) is 0 Å². The second-order valence-electron chi connectivity index (χ2n) is 8.45. The molecule has 11 nitrogen and oxygen atoms in total. The van der Waals surface area contributed by atoms with Crippen molar-refractivity contribution in [2.45, 2.75) is 70.3 Å². The largest absolute Gasteiger partial charge is 0.484 e. The van der Waals surface area contributed by atoms with Crippen LogP contribution in [0.1, 0.15) is 64.2 Å². The van der Waals surface area contributed by atoms with E-state index in [2.05, 4.69) is 15.9 Å². The number of carboxylic acid groups (broad SMARTS) is 1. The van der Waals surface area contributed by atoms with Gasteiger partial charge in [0.15, 0.2) is 0 Å². The third kappa shape index (κ3) is 11.0. The van der Waals surface area contributed by atoms with Gasteiger partial charge in [-0.1, -0.05) is 23.4 Å². The van der Waals surface area contributed by atoms with Crippen LogP contribution in [0.2, 0.25) is 0 Å². The van der Waals surface area contributed by atoms with Crippen molar-refractivity contribution in [3.05, 3.63) is 42.2 Å². The Morgan fingerprint density at radius 2 is 1.42 bits per heavy atom. The Hall–Kier alpha value is -3.89. The summed E-state index contributed by atoms with van der Waals surface area (Å²) < 4.78 is 6.00. The first-order valence-electron chi connectivity index (χ1n) is 11.8. The second-order valence-corrected chi connectivity index (χ2v) is 8.45. The number of aliphatic carboxylic acids is 1. The van der Waals surface area contributed by atoms with Crippen LogP contribution < -0.4 is 10.3 Å². The molecule has 1 atom stereocenters. The number of ether oxygens (including phenoxy) is 1. The molecule has 1 aromatic rings. The summed E-state index contributed by atoms with van der Waals surface area (Å²) >= 11 is 0. The summed E-state index contributed by atoms with van der Waals surface area (Å²) in [4.78, 5) is 59.0. The van der Waals surface area contributed by atoms with Crippen LogP contribution in [-0.2, 0) is 24.0 Å². The molecule has 2 rings (SSSR count). The standard InChI is InChI=1S/C25H32N4O7/c1-29-23(17-26-27-28-29)24(36-22-7-3-2-4-8-22)16-21(33)15-14-20(32)13-12-19(31)11-10-18(30)6-5-9-25(34)35/h2-4,7-8,17,24H,5-6,9-16H2,1H3,(H,26,28)(H,34,35). The minimum atomic E-state index is -0.961. The van der Waals surface area contributed by atoms with Gasteiger partial charge in [0.05, 0.1) is 11.9 Å². The van der Waals surface area contributed by atoms with Crippen molar-refractivity contribution >= 4 is 29.1 Å². The van der Waals surface area contributed by atoms with Crippen molar-refractivity contribution in [2.24, 2.45) is 10.3 Å². The number of nitrogens with zero attached hydrogens (tertiary/aromatic N) is 3. The van der Waals surface area contributed by atoms with E-state index < -0.39 is 12.1 Å². The third-order valence-electron chi connectivity index (χ3n) is 5.49. The summed E-state index contributed by atoms with van der Waals surface area (Å²) in [5.74, 6) is -1.11. The Balaban J connectivity index is 1.74. The van der Waals surface area contributed by atoms with Crippen LogP contribution in [0.3, 0.4) is 0 Å². The van der Waals surface area contributed by atoms with Crippen molar-refractivity contribution in [1.82, 2.24) is 10.5 Å². The summed E-state index contributed by atoms with van der Waals surface area (Å²) in [7, 11) is 1.72. The number of hydrogen-bond donors (Lipinski definition) is 2. The molecule has 0 radical (unpaired) electrons. The zero-order valence-electron chi connectivity index (χ0n) is 20.4. The molecule has 11 heteroatoms. The molecule has 194 valence electrons. The number of ketones is 4. The zero-order valence-corrected chi connectivity index (χ0v) is 20.4. The maximum Gasteiger partial charge on any atom is 0.303 e. The molecule has 0 bridgehead atoms. The zero-order chi connectivity index (χ0) is 26.3. The summed E-state index contributed by atoms with van der Waals surface area (Å²) in [5.41, 5.74) is 3.29. The third-order valence-corrected chi connectivity index (χ3v) is 5.49. The summed E-state index contributed by atoms with van der Waals surface area (Å²) in [6.45, 7) is 0. The second kappa shape index (κ2) is 15.2. The van der Waals surface area contributed by atoms with Crippen molar-refractivity contribution in [2.75, 3.05) is 7.05 Å². The lowest BCUT2D eigenvalue weighted by molar-refractivity contribution is -0.137. The predicted octanol–water partition coefficient (Wildman–Crippen LogP) is 3.35. The number of carbonyl (C=O) groups excluding carboxylic acids is 4. The minimum absolute atomic E-state index is 0.0153. The number of hydrazine groups is 1. The summed E-state index contributed by atoms with van der Waals surface area (Å²) in [6.07, 6.45) is 1.35. The van der Waals surface area contributed by atoms with Gasteiger partial charge < -0.3 is 9.84 Å². The number of para-hydroxylation sites is 1. The fourth-order valence-corrected chi connectivity index (χ4v) is 3.45. The molecule has 1 aromatic carbocycles. The first-order chi connectivity index (χ1) is 17.2. The SMILES string of the molecule is CN1NN=NC=C1C(CC(=O)CCC(=O)CCC(=O)CCC(=O)CCCC(=O)O)Oc1ccccc1. The summed E-state index contributed by atoms with van der Waals surface area (Å²) in [5, 5.41) is 17.7. The molecular formula is C25H32N4O7. The van der Waals surface area contributed by atoms with E-state index in [1.807, 2.05) is 18.2 Å². The average molecular weight is 501 g/mol. The van der Waals surface area contributed by atoms with Crippen molar-refractivity contribution < 1.29 is 33.8 Å². The van der Waals surface area contributed by atoms with E-state index >= 15 is 0 Å². The number of carboxylic acids is 1. The van der Waals surface area contributed by atoms with Gasteiger partial charge in [0.25, 0.3) is 0 Å². The summed E-state index contributed by atoms with van der Waals surface area (Å²) in [6, 6.07) is 9.05. The number of likely N-dealkylation sites (N-methyl/N-ethyl adjacent to an activating group) is 1. The van der Waals surface area contributed by atoms with E-state index in [-0.39, 0.29) is 87.3 Å². The van der Waals surface area contributed by atoms with Gasteiger partial charge in [0.2, 0.25) is 0 Å². The van der Waals surface area contributed by atoms with E-state index in [0.717, 1.165) is 0 Å². The predicted molar refractivity (Wildman–Crippen MR) is 129 cm³/mol. The van der Waals surface area contributed by atoms with E-state index in [0.29, 0.717) is 11.4 Å². The Morgan fingerprint density at radius 3 is 1.97 bits per heavy atom. The molecule has 0 saturated heterocycles. The lowest BCUT2D eigenvalue weighted by Gasteiger charge is -2.29. The molecule has 1 aliphatic rings. The number of Topliss-reactive ketones (excluding diaryl/α,β-unsaturated/α-hetero) is 4. The molecule has 1 heterocycles. The minimum Gasteiger partial charge on any atom is -0.484 e. The van der Waals surface area contributed by atoms with Crippen molar-refractivity contribution in [3.63, 3.8) is 0 Å². The Labute approximate surface area is 209 Å². The molecule has 0 spiro atoms. The quantitative estimate of drug-likeness (QED) is 0.309. The molecule has 1 aliphatic heterocycles. The van der Waals surface area contributed by atoms with Crippen LogP contribution in [0.15, 0.2) is 52.6 Å². The number of nitrogens with one attached hydrogen (secondary N) is 1. The molecular weight excluding hydrogens is 468 g/mol. The van der Waals surface area contributed by atoms with Gasteiger partial charge in [0.1, 0.15) is 35.0 Å². The topological polar surface area (TPSA) is 155 Å². The highest BCUT2D eigenvalue weighted by Gasteiger charge is 2.25. The van der Waals surface area contributed by atoms with Crippen LogP contribution >= 0.6 is 0 Å². The highest BCUT2D eigenvalue weighted by Crippen LogP contribution is 2.21. The van der Waals surface area contributed by atoms with Crippen LogP contribution in [0.5, 0.6) is 5.75 Å². The fraction of sp³-hybridized carbons (Fsp3) is 0.480. The van der Waals surface area contributed by atoms with Crippen LogP contribution in [-0.4, -0.2) is 52.4 Å². The monoisotopic (exact) mass is 500 g/mol. The number of benzene rings is 1. The number of rotatable bonds is 18. The molecule has 0 aliphatic carbocycles. The number of carbonyl (C=O) groups is 5. The molecule has 2 N–H and O–H groups in total. The van der Waals surface area contributed by atoms with Crippen LogP contribution in [0.4, 0.5) is 0 Å². The lowest BCUT2D eigenvalue weighted by atomic mass is 10.0. The van der Waals surface area contributed by atoms with Crippen LogP contribution in [0, 0.1) is 0 Å². The van der Waals surface area contributed by atoms with E-state index in [1.54, 1.807) is 24.2 Å². The van der Waals surface area contributed by atoms with Gasteiger partial charge >= 0.3 is 5.97 Å². The Kier molecular flexibility index (Phi) is 12.0. The Morgan fingerprint density at radius 1 is 0.861 bits per heavy atom. The van der Waals surface area contributed by atoms with E-state index in [1.165, 1.54) is 6.20 Å². The lowest BCUT2D eigenvalue weighted by Crippen LogP contribution is -2.39. The maximum atomic E-state index is 12.6. The van der Waals surface area contributed by atoms with Gasteiger partial charge in [0, 0.05) is 64.8 Å². The molecule has 36 heavy (non-hydrogen) atoms. The van der Waals surface area contributed by atoms with Crippen LogP contribution in [0.25, 0.3) is 0 Å². The first kappa shape index (κ1) is 28.3. The van der Waals surface area contributed by atoms with E-state index in [9.17, 15) is 24.0 Å². The normalized spacial score (nSPS) is 13.4. The maximum absolute atomic E-state index is 12.6. The molecule has 1 unspecified atom stereocenters. The van der Waals surface area contributed by atoms with E-state index in [4.69, 9.17) is 9.84 Å². The average Bonchev–Trinajstić information content (AvgIpc) is 2.85. The van der Waals surface area contributed by atoms with Gasteiger partial charge in [-0.05, 0) is 18.6 Å². The van der Waals surface area contributed by atoms with Gasteiger partial charge in [-0.3, -0.25) is 29.0 Å². The van der Waals surface area contributed by atoms with Crippen molar-refractivity contribution in [3.8, 4) is 5.75 Å². The smallest absolute Gasteiger partial charge is 0.303 e. The molecule has 0 fully saturated rings. The highest BCUT2D eigenvalue weighted by atomic mass is 16.5. The first-order valence-corrected chi connectivity index (χ1v) is 11.8. The molecule has 0 aromatic heterocycles.